The molecule has 0 aliphatic carbocycles. The fourth-order valence-corrected chi connectivity index (χ4v) is 3.28. The van der Waals surface area contributed by atoms with Crippen LogP contribution in [0, 0.1) is 9.49 Å². The molecule has 7 heteroatoms. The first-order valence-electron chi connectivity index (χ1n) is 7.71. The fourth-order valence-electron chi connectivity index (χ4n) is 2.92. The van der Waals surface area contributed by atoms with Crippen LogP contribution < -0.4 is 4.90 Å². The molecule has 0 radical (unpaired) electrons. The molecule has 0 spiro atoms. The Morgan fingerprint density at radius 2 is 2.00 bits per heavy atom. The summed E-state index contributed by atoms with van der Waals surface area (Å²) in [5.41, 5.74) is 2.77. The number of amides is 1. The van der Waals surface area contributed by atoms with Crippen molar-refractivity contribution in [2.75, 3.05) is 11.4 Å². The third-order valence-corrected chi connectivity index (χ3v) is 4.97. The van der Waals surface area contributed by atoms with Crippen molar-refractivity contribution in [1.29, 1.82) is 0 Å². The topological polar surface area (TPSA) is 83.6 Å². The van der Waals surface area contributed by atoms with E-state index in [1.807, 2.05) is 24.3 Å². The molecule has 1 aliphatic rings. The molecule has 1 fully saturated rings. The van der Waals surface area contributed by atoms with Crippen LogP contribution in [0.3, 0.4) is 0 Å². The summed E-state index contributed by atoms with van der Waals surface area (Å²) in [6, 6.07) is 13.1. The number of benzene rings is 2. The van der Waals surface area contributed by atoms with E-state index in [1.54, 1.807) is 18.2 Å². The van der Waals surface area contributed by atoms with Gasteiger partial charge in [0.1, 0.15) is 5.52 Å². The number of hydrogen-bond donors (Lipinski definition) is 1. The van der Waals surface area contributed by atoms with Crippen molar-refractivity contribution in [1.82, 2.24) is 4.98 Å². The zero-order valence-corrected chi connectivity index (χ0v) is 15.1. The van der Waals surface area contributed by atoms with Gasteiger partial charge in [0.05, 0.1) is 5.92 Å². The molecule has 1 saturated heterocycles. The highest BCUT2D eigenvalue weighted by atomic mass is 127. The number of carbonyl (C=O) groups excluding carboxylic acids is 1. The zero-order valence-electron chi connectivity index (χ0n) is 13.0. The second-order valence-corrected chi connectivity index (χ2v) is 7.17. The van der Waals surface area contributed by atoms with Gasteiger partial charge in [0, 0.05) is 33.9 Å². The van der Waals surface area contributed by atoms with Crippen LogP contribution in [0.15, 0.2) is 46.9 Å². The number of rotatable bonds is 3. The van der Waals surface area contributed by atoms with E-state index in [-0.39, 0.29) is 18.9 Å². The van der Waals surface area contributed by atoms with Gasteiger partial charge in [0.25, 0.3) is 0 Å². The van der Waals surface area contributed by atoms with Crippen molar-refractivity contribution in [3.63, 3.8) is 0 Å². The second kappa shape index (κ2) is 6.14. The van der Waals surface area contributed by atoms with Crippen LogP contribution in [0.5, 0.6) is 0 Å². The van der Waals surface area contributed by atoms with Gasteiger partial charge in [-0.2, -0.15) is 0 Å². The number of nitrogens with zero attached hydrogens (tertiary/aromatic N) is 2. The smallest absolute Gasteiger partial charge is 0.308 e. The van der Waals surface area contributed by atoms with Gasteiger partial charge in [0.2, 0.25) is 11.8 Å². The fraction of sp³-hybridized carbons (Fsp3) is 0.167. The minimum absolute atomic E-state index is 0.0255. The van der Waals surface area contributed by atoms with Gasteiger partial charge in [-0.05, 0) is 59.0 Å². The maximum absolute atomic E-state index is 12.1. The minimum Gasteiger partial charge on any atom is -0.481 e. The number of carboxylic acid groups (broad SMARTS) is 1. The Morgan fingerprint density at radius 3 is 2.68 bits per heavy atom. The van der Waals surface area contributed by atoms with Crippen LogP contribution in [0.25, 0.3) is 22.6 Å². The first kappa shape index (κ1) is 16.1. The maximum Gasteiger partial charge on any atom is 0.308 e. The summed E-state index contributed by atoms with van der Waals surface area (Å²) < 4.78 is 6.96. The molecule has 2 aromatic carbocycles. The summed E-state index contributed by atoms with van der Waals surface area (Å²) in [5, 5.41) is 9.11. The van der Waals surface area contributed by atoms with E-state index >= 15 is 0 Å². The Balaban J connectivity index is 1.68. The molecule has 6 nitrogen and oxygen atoms in total. The van der Waals surface area contributed by atoms with Crippen molar-refractivity contribution < 1.29 is 19.1 Å². The summed E-state index contributed by atoms with van der Waals surface area (Å²) in [4.78, 5) is 29.2. The Kier molecular flexibility index (Phi) is 3.95. The number of carbonyl (C=O) groups is 2. The predicted octanol–water partition coefficient (Wildman–Crippen LogP) is 3.54. The molecule has 0 bridgehead atoms. The van der Waals surface area contributed by atoms with Gasteiger partial charge < -0.3 is 14.4 Å². The summed E-state index contributed by atoms with van der Waals surface area (Å²) in [5.74, 6) is -1.29. The summed E-state index contributed by atoms with van der Waals surface area (Å²) in [6.07, 6.45) is 0.0255. The van der Waals surface area contributed by atoms with Gasteiger partial charge >= 0.3 is 5.97 Å². The normalized spacial score (nSPS) is 17.4. The molecular formula is C18H13IN2O4. The monoisotopic (exact) mass is 448 g/mol. The molecule has 1 amide bonds. The zero-order chi connectivity index (χ0) is 17.6. The number of halogens is 1. The molecule has 126 valence electrons. The molecular weight excluding hydrogens is 435 g/mol. The number of anilines is 1. The first-order chi connectivity index (χ1) is 12.0. The van der Waals surface area contributed by atoms with E-state index in [0.717, 1.165) is 9.13 Å². The van der Waals surface area contributed by atoms with Crippen LogP contribution in [-0.4, -0.2) is 28.5 Å². The average Bonchev–Trinajstić information content (AvgIpc) is 3.18. The van der Waals surface area contributed by atoms with Crippen LogP contribution in [0.1, 0.15) is 6.42 Å². The lowest BCUT2D eigenvalue weighted by atomic mass is 10.1. The Bertz CT molecular complexity index is 980. The summed E-state index contributed by atoms with van der Waals surface area (Å²) >= 11 is 2.23. The Morgan fingerprint density at radius 1 is 1.24 bits per heavy atom. The van der Waals surface area contributed by atoms with Gasteiger partial charge in [-0.1, -0.05) is 0 Å². The lowest BCUT2D eigenvalue weighted by Gasteiger charge is -2.15. The molecule has 2 heterocycles. The number of hydrogen-bond acceptors (Lipinski definition) is 4. The molecule has 3 aromatic rings. The number of carboxylic acids is 1. The molecule has 1 N–H and O–H groups in total. The number of aromatic nitrogens is 1. The molecule has 1 atom stereocenters. The van der Waals surface area contributed by atoms with Crippen molar-refractivity contribution >= 4 is 51.3 Å². The average molecular weight is 448 g/mol. The molecule has 1 aliphatic heterocycles. The number of aliphatic carboxylic acids is 1. The highest BCUT2D eigenvalue weighted by molar-refractivity contribution is 14.1. The van der Waals surface area contributed by atoms with E-state index in [1.165, 1.54) is 4.90 Å². The lowest BCUT2D eigenvalue weighted by molar-refractivity contribution is -0.141. The van der Waals surface area contributed by atoms with E-state index in [9.17, 15) is 9.59 Å². The third-order valence-electron chi connectivity index (χ3n) is 4.25. The third kappa shape index (κ3) is 2.99. The molecule has 4 rings (SSSR count). The van der Waals surface area contributed by atoms with E-state index < -0.39 is 11.9 Å². The van der Waals surface area contributed by atoms with Crippen molar-refractivity contribution in [3.05, 3.63) is 46.0 Å². The molecule has 25 heavy (non-hydrogen) atoms. The maximum atomic E-state index is 12.1. The van der Waals surface area contributed by atoms with Gasteiger partial charge in [-0.15, -0.1) is 0 Å². The highest BCUT2D eigenvalue weighted by Crippen LogP contribution is 2.31. The quantitative estimate of drug-likeness (QED) is 0.620. The first-order valence-corrected chi connectivity index (χ1v) is 8.79. The SMILES string of the molecule is O=C(O)[C@H]1CC(=O)N(c2ccc3nc(-c4ccc(I)cc4)oc3c2)C1. The molecule has 0 saturated carbocycles. The second-order valence-electron chi connectivity index (χ2n) is 5.92. The van der Waals surface area contributed by atoms with Crippen LogP contribution >= 0.6 is 22.6 Å². The predicted molar refractivity (Wildman–Crippen MR) is 100 cm³/mol. The summed E-state index contributed by atoms with van der Waals surface area (Å²) in [7, 11) is 0. The van der Waals surface area contributed by atoms with E-state index in [0.29, 0.717) is 22.7 Å². The number of oxazole rings is 1. The van der Waals surface area contributed by atoms with Crippen LogP contribution in [0.2, 0.25) is 0 Å². The summed E-state index contributed by atoms with van der Waals surface area (Å²) in [6.45, 7) is 0.178. The van der Waals surface area contributed by atoms with Crippen molar-refractivity contribution in [2.45, 2.75) is 6.42 Å². The lowest BCUT2D eigenvalue weighted by Crippen LogP contribution is -2.25. The Labute approximate surface area is 156 Å². The van der Waals surface area contributed by atoms with E-state index in [2.05, 4.69) is 27.6 Å². The standard InChI is InChI=1S/C18H13IN2O4/c19-12-3-1-10(2-4-12)17-20-14-6-5-13(8-15(14)25-17)21-9-11(18(23)24)7-16(21)22/h1-6,8,11H,7,9H2,(H,23,24)/t11-/m0/s1. The van der Waals surface area contributed by atoms with Crippen LogP contribution in [0.4, 0.5) is 5.69 Å². The minimum atomic E-state index is -0.947. The largest absolute Gasteiger partial charge is 0.481 e. The number of fused-ring (bicyclic) bond motifs is 1. The molecule has 1 aromatic heterocycles. The molecule has 0 unspecified atom stereocenters. The van der Waals surface area contributed by atoms with Crippen molar-refractivity contribution in [3.8, 4) is 11.5 Å². The van der Waals surface area contributed by atoms with Gasteiger partial charge in [-0.3, -0.25) is 9.59 Å². The highest BCUT2D eigenvalue weighted by Gasteiger charge is 2.35. The van der Waals surface area contributed by atoms with Crippen LogP contribution in [-0.2, 0) is 9.59 Å². The van der Waals surface area contributed by atoms with Crippen molar-refractivity contribution in [2.24, 2.45) is 5.92 Å². The van der Waals surface area contributed by atoms with E-state index in [4.69, 9.17) is 9.52 Å². The van der Waals surface area contributed by atoms with Gasteiger partial charge in [0.15, 0.2) is 5.58 Å². The Hall–Kier alpha value is -2.42. The van der Waals surface area contributed by atoms with Gasteiger partial charge in [-0.25, -0.2) is 4.98 Å².